The zero-order valence-electron chi connectivity index (χ0n) is 13.9. The summed E-state index contributed by atoms with van der Waals surface area (Å²) >= 11 is 0. The molecule has 134 valence electrons. The first-order chi connectivity index (χ1) is 12.5. The number of carbonyl (C=O) groups excluding carboxylic acids is 3. The standard InChI is InChI=1S/C18H16FN3O4/c1-26-12-8-6-11(7-9-12)22-16(23)10-15(18(22)25)20-21-17(24)13-4-2-3-5-14(13)19/h2-9,15,20H,10H2,1H3,(H,21,24)/t15-/m0/s1. The lowest BCUT2D eigenvalue weighted by Gasteiger charge is -2.16. The molecule has 0 unspecified atom stereocenters. The Kier molecular flexibility index (Phi) is 4.94. The van der Waals surface area contributed by atoms with Gasteiger partial charge in [-0.2, -0.15) is 0 Å². The second kappa shape index (κ2) is 7.32. The normalized spacial score (nSPS) is 16.7. The van der Waals surface area contributed by atoms with Gasteiger partial charge in [-0.1, -0.05) is 12.1 Å². The molecule has 1 aliphatic heterocycles. The van der Waals surface area contributed by atoms with Crippen LogP contribution in [0, 0.1) is 5.82 Å². The molecule has 1 heterocycles. The van der Waals surface area contributed by atoms with Crippen molar-refractivity contribution in [2.24, 2.45) is 0 Å². The van der Waals surface area contributed by atoms with Crippen molar-refractivity contribution >= 4 is 23.4 Å². The fourth-order valence-electron chi connectivity index (χ4n) is 2.61. The van der Waals surface area contributed by atoms with Crippen molar-refractivity contribution in [3.63, 3.8) is 0 Å². The van der Waals surface area contributed by atoms with Crippen LogP contribution in [0.3, 0.4) is 0 Å². The number of nitrogens with zero attached hydrogens (tertiary/aromatic N) is 1. The van der Waals surface area contributed by atoms with Crippen LogP contribution in [0.15, 0.2) is 48.5 Å². The number of imide groups is 1. The maximum atomic E-state index is 13.6. The van der Waals surface area contributed by atoms with Gasteiger partial charge in [0.15, 0.2) is 0 Å². The molecule has 0 aromatic heterocycles. The summed E-state index contributed by atoms with van der Waals surface area (Å²) < 4.78 is 18.6. The highest BCUT2D eigenvalue weighted by molar-refractivity contribution is 6.22. The first-order valence-electron chi connectivity index (χ1n) is 7.82. The van der Waals surface area contributed by atoms with Crippen molar-refractivity contribution in [1.82, 2.24) is 10.9 Å². The van der Waals surface area contributed by atoms with Crippen LogP contribution in [0.25, 0.3) is 0 Å². The predicted octanol–water partition coefficient (Wildman–Crippen LogP) is 1.40. The molecule has 1 fully saturated rings. The van der Waals surface area contributed by atoms with Gasteiger partial charge in [0.25, 0.3) is 11.8 Å². The van der Waals surface area contributed by atoms with E-state index in [4.69, 9.17) is 4.74 Å². The van der Waals surface area contributed by atoms with Gasteiger partial charge in [0.1, 0.15) is 17.6 Å². The Morgan fingerprint density at radius 2 is 1.85 bits per heavy atom. The maximum Gasteiger partial charge on any atom is 0.268 e. The summed E-state index contributed by atoms with van der Waals surface area (Å²) in [5.74, 6) is -1.72. The monoisotopic (exact) mass is 357 g/mol. The van der Waals surface area contributed by atoms with Crippen molar-refractivity contribution in [3.05, 3.63) is 59.9 Å². The van der Waals surface area contributed by atoms with Crippen LogP contribution in [0.5, 0.6) is 5.75 Å². The Morgan fingerprint density at radius 1 is 1.15 bits per heavy atom. The average molecular weight is 357 g/mol. The zero-order chi connectivity index (χ0) is 18.7. The van der Waals surface area contributed by atoms with Gasteiger partial charge < -0.3 is 4.74 Å². The molecule has 0 saturated carbocycles. The second-order valence-corrected chi connectivity index (χ2v) is 5.60. The van der Waals surface area contributed by atoms with E-state index in [0.29, 0.717) is 11.4 Å². The molecule has 3 rings (SSSR count). The minimum absolute atomic E-state index is 0.123. The van der Waals surface area contributed by atoms with Gasteiger partial charge in [0, 0.05) is 0 Å². The van der Waals surface area contributed by atoms with E-state index in [0.717, 1.165) is 11.0 Å². The molecule has 0 spiro atoms. The van der Waals surface area contributed by atoms with E-state index in [2.05, 4.69) is 10.9 Å². The average Bonchev–Trinajstić information content (AvgIpc) is 2.93. The van der Waals surface area contributed by atoms with Crippen LogP contribution < -0.4 is 20.5 Å². The Hall–Kier alpha value is -3.26. The first kappa shape index (κ1) is 17.6. The van der Waals surface area contributed by atoms with Crippen molar-refractivity contribution in [3.8, 4) is 5.75 Å². The molecule has 2 aromatic carbocycles. The van der Waals surface area contributed by atoms with Gasteiger partial charge in [-0.15, -0.1) is 0 Å². The minimum Gasteiger partial charge on any atom is -0.497 e. The van der Waals surface area contributed by atoms with E-state index in [1.165, 1.54) is 25.3 Å². The number of hydrogen-bond acceptors (Lipinski definition) is 5. The van der Waals surface area contributed by atoms with E-state index >= 15 is 0 Å². The van der Waals surface area contributed by atoms with Gasteiger partial charge in [-0.3, -0.25) is 19.8 Å². The Bertz CT molecular complexity index is 854. The van der Waals surface area contributed by atoms with Crippen LogP contribution >= 0.6 is 0 Å². The lowest BCUT2D eigenvalue weighted by atomic mass is 10.2. The molecule has 2 aromatic rings. The van der Waals surface area contributed by atoms with Gasteiger partial charge in [-0.05, 0) is 36.4 Å². The van der Waals surface area contributed by atoms with E-state index < -0.39 is 29.6 Å². The molecular formula is C18H16FN3O4. The SMILES string of the molecule is COc1ccc(N2C(=O)C[C@H](NNC(=O)c3ccccc3F)C2=O)cc1. The molecule has 7 nitrogen and oxygen atoms in total. The van der Waals surface area contributed by atoms with Crippen molar-refractivity contribution in [2.75, 3.05) is 12.0 Å². The van der Waals surface area contributed by atoms with E-state index in [9.17, 15) is 18.8 Å². The number of anilines is 1. The number of halogens is 1. The number of carbonyl (C=O) groups is 3. The van der Waals surface area contributed by atoms with Crippen LogP contribution in [0.2, 0.25) is 0 Å². The molecule has 0 bridgehead atoms. The smallest absolute Gasteiger partial charge is 0.268 e. The summed E-state index contributed by atoms with van der Waals surface area (Å²) in [6.07, 6.45) is -0.123. The number of hydrazine groups is 1. The molecular weight excluding hydrogens is 341 g/mol. The Balaban J connectivity index is 1.67. The summed E-state index contributed by atoms with van der Waals surface area (Å²) in [4.78, 5) is 37.7. The first-order valence-corrected chi connectivity index (χ1v) is 7.82. The molecule has 26 heavy (non-hydrogen) atoms. The van der Waals surface area contributed by atoms with E-state index in [-0.39, 0.29) is 12.0 Å². The number of rotatable bonds is 5. The quantitative estimate of drug-likeness (QED) is 0.624. The number of benzene rings is 2. The van der Waals surface area contributed by atoms with E-state index in [1.807, 2.05) is 0 Å². The largest absolute Gasteiger partial charge is 0.497 e. The summed E-state index contributed by atoms with van der Waals surface area (Å²) in [6.45, 7) is 0. The highest BCUT2D eigenvalue weighted by Gasteiger charge is 2.39. The van der Waals surface area contributed by atoms with E-state index in [1.54, 1.807) is 24.3 Å². The molecule has 2 N–H and O–H groups in total. The number of nitrogens with one attached hydrogen (secondary N) is 2. The topological polar surface area (TPSA) is 87.7 Å². The van der Waals surface area contributed by atoms with Gasteiger partial charge in [0.05, 0.1) is 24.8 Å². The molecule has 3 amide bonds. The van der Waals surface area contributed by atoms with Crippen LogP contribution in [-0.2, 0) is 9.59 Å². The highest BCUT2D eigenvalue weighted by atomic mass is 19.1. The number of ether oxygens (including phenoxy) is 1. The molecule has 8 heteroatoms. The third kappa shape index (κ3) is 3.40. The van der Waals surface area contributed by atoms with Gasteiger partial charge >= 0.3 is 0 Å². The van der Waals surface area contributed by atoms with Crippen molar-refractivity contribution < 1.29 is 23.5 Å². The van der Waals surface area contributed by atoms with Crippen LogP contribution in [0.1, 0.15) is 16.8 Å². The minimum atomic E-state index is -0.930. The summed E-state index contributed by atoms with van der Waals surface area (Å²) in [6, 6.07) is 11.0. The third-order valence-electron chi connectivity index (χ3n) is 3.96. The number of hydrogen-bond donors (Lipinski definition) is 2. The third-order valence-corrected chi connectivity index (χ3v) is 3.96. The van der Waals surface area contributed by atoms with Crippen LogP contribution in [-0.4, -0.2) is 30.9 Å². The van der Waals surface area contributed by atoms with Crippen molar-refractivity contribution in [1.29, 1.82) is 0 Å². The summed E-state index contributed by atoms with van der Waals surface area (Å²) in [7, 11) is 1.51. The predicted molar refractivity (Wildman–Crippen MR) is 90.9 cm³/mol. The lowest BCUT2D eigenvalue weighted by Crippen LogP contribution is -2.48. The maximum absolute atomic E-state index is 13.6. The fraction of sp³-hybridized carbons (Fsp3) is 0.167. The number of amides is 3. The van der Waals surface area contributed by atoms with Crippen molar-refractivity contribution in [2.45, 2.75) is 12.5 Å². The fourth-order valence-corrected chi connectivity index (χ4v) is 2.61. The number of methoxy groups -OCH3 is 1. The lowest BCUT2D eigenvalue weighted by molar-refractivity contribution is -0.121. The Labute approximate surface area is 148 Å². The highest BCUT2D eigenvalue weighted by Crippen LogP contribution is 2.24. The molecule has 0 aliphatic carbocycles. The summed E-state index contributed by atoms with van der Waals surface area (Å²) in [5.41, 5.74) is 5.03. The Morgan fingerprint density at radius 3 is 2.50 bits per heavy atom. The summed E-state index contributed by atoms with van der Waals surface area (Å²) in [5, 5.41) is 0. The van der Waals surface area contributed by atoms with Crippen LogP contribution in [0.4, 0.5) is 10.1 Å². The molecule has 1 atom stereocenters. The molecule has 1 saturated heterocycles. The molecule has 1 aliphatic rings. The molecule has 0 radical (unpaired) electrons. The zero-order valence-corrected chi connectivity index (χ0v) is 13.9. The van der Waals surface area contributed by atoms with Gasteiger partial charge in [0.2, 0.25) is 5.91 Å². The second-order valence-electron chi connectivity index (χ2n) is 5.60. The van der Waals surface area contributed by atoms with Gasteiger partial charge in [-0.25, -0.2) is 14.7 Å².